The van der Waals surface area contributed by atoms with E-state index in [0.717, 1.165) is 9.37 Å². The highest BCUT2D eigenvalue weighted by atomic mass is 79.9. The summed E-state index contributed by atoms with van der Waals surface area (Å²) in [7, 11) is 0. The summed E-state index contributed by atoms with van der Waals surface area (Å²) in [5, 5.41) is 9.12. The molecule has 0 aliphatic heterocycles. The second-order valence-electron chi connectivity index (χ2n) is 3.45. The molecule has 1 aromatic rings. The molecule has 0 saturated heterocycles. The molecule has 0 aromatic heterocycles. The SMILES string of the molecule is CC[C@](C)(Sc1ccc(Br)cc1)C(=O)O. The van der Waals surface area contributed by atoms with Crippen LogP contribution in [0.15, 0.2) is 33.6 Å². The summed E-state index contributed by atoms with van der Waals surface area (Å²) in [6.07, 6.45) is 0.600. The number of hydrogen-bond acceptors (Lipinski definition) is 2. The quantitative estimate of drug-likeness (QED) is 0.857. The second-order valence-corrected chi connectivity index (χ2v) is 5.94. The van der Waals surface area contributed by atoms with Crippen LogP contribution in [-0.4, -0.2) is 15.8 Å². The number of carbonyl (C=O) groups is 1. The van der Waals surface area contributed by atoms with E-state index >= 15 is 0 Å². The van der Waals surface area contributed by atoms with Gasteiger partial charge in [0, 0.05) is 9.37 Å². The van der Waals surface area contributed by atoms with Crippen molar-refractivity contribution in [3.05, 3.63) is 28.7 Å². The molecule has 1 aromatic carbocycles. The number of carboxylic acids is 1. The fourth-order valence-electron chi connectivity index (χ4n) is 1.03. The maximum atomic E-state index is 11.1. The van der Waals surface area contributed by atoms with E-state index in [2.05, 4.69) is 15.9 Å². The van der Waals surface area contributed by atoms with E-state index in [1.807, 2.05) is 31.2 Å². The molecule has 0 unspecified atom stereocenters. The van der Waals surface area contributed by atoms with Gasteiger partial charge in [0.05, 0.1) is 0 Å². The van der Waals surface area contributed by atoms with Crippen molar-refractivity contribution >= 4 is 33.7 Å². The Labute approximate surface area is 102 Å². The Kier molecular flexibility index (Phi) is 4.22. The Morgan fingerprint density at radius 2 is 2.00 bits per heavy atom. The van der Waals surface area contributed by atoms with Crippen molar-refractivity contribution < 1.29 is 9.90 Å². The van der Waals surface area contributed by atoms with Gasteiger partial charge in [-0.15, -0.1) is 11.8 Å². The zero-order chi connectivity index (χ0) is 11.5. The molecule has 0 radical (unpaired) electrons. The van der Waals surface area contributed by atoms with Gasteiger partial charge in [0.15, 0.2) is 0 Å². The van der Waals surface area contributed by atoms with Gasteiger partial charge in [0.25, 0.3) is 0 Å². The maximum Gasteiger partial charge on any atom is 0.319 e. The van der Waals surface area contributed by atoms with Crippen molar-refractivity contribution in [1.82, 2.24) is 0 Å². The molecule has 0 aliphatic rings. The minimum atomic E-state index is -0.766. The largest absolute Gasteiger partial charge is 0.480 e. The van der Waals surface area contributed by atoms with Crippen LogP contribution in [0.5, 0.6) is 0 Å². The van der Waals surface area contributed by atoms with Crippen molar-refractivity contribution in [1.29, 1.82) is 0 Å². The van der Waals surface area contributed by atoms with Crippen molar-refractivity contribution in [2.45, 2.75) is 29.9 Å². The molecule has 0 amide bonds. The van der Waals surface area contributed by atoms with Gasteiger partial charge in [0.2, 0.25) is 0 Å². The van der Waals surface area contributed by atoms with Crippen LogP contribution in [0.3, 0.4) is 0 Å². The van der Waals surface area contributed by atoms with E-state index in [9.17, 15) is 4.79 Å². The highest BCUT2D eigenvalue weighted by Crippen LogP contribution is 2.35. The fourth-order valence-corrected chi connectivity index (χ4v) is 2.32. The number of carboxylic acid groups (broad SMARTS) is 1. The minimum Gasteiger partial charge on any atom is -0.480 e. The molecule has 1 atom stereocenters. The highest BCUT2D eigenvalue weighted by Gasteiger charge is 2.32. The van der Waals surface area contributed by atoms with Gasteiger partial charge < -0.3 is 5.11 Å². The van der Waals surface area contributed by atoms with Gasteiger partial charge in [-0.05, 0) is 37.6 Å². The Hall–Kier alpha value is -0.480. The summed E-state index contributed by atoms with van der Waals surface area (Å²) in [5.41, 5.74) is 0. The van der Waals surface area contributed by atoms with Crippen molar-refractivity contribution in [2.75, 3.05) is 0 Å². The zero-order valence-corrected chi connectivity index (χ0v) is 11.1. The van der Waals surface area contributed by atoms with Crippen molar-refractivity contribution in [3.63, 3.8) is 0 Å². The van der Waals surface area contributed by atoms with Gasteiger partial charge in [-0.25, -0.2) is 0 Å². The number of rotatable bonds is 4. The Bertz CT molecular complexity index is 350. The van der Waals surface area contributed by atoms with Crippen LogP contribution in [0.4, 0.5) is 0 Å². The zero-order valence-electron chi connectivity index (χ0n) is 8.66. The van der Waals surface area contributed by atoms with Crippen LogP contribution in [0.1, 0.15) is 20.3 Å². The smallest absolute Gasteiger partial charge is 0.319 e. The fraction of sp³-hybridized carbons (Fsp3) is 0.364. The molecule has 0 saturated carbocycles. The lowest BCUT2D eigenvalue weighted by Gasteiger charge is -2.22. The maximum absolute atomic E-state index is 11.1. The molecular formula is C11H13BrO2S. The monoisotopic (exact) mass is 288 g/mol. The van der Waals surface area contributed by atoms with E-state index in [4.69, 9.17) is 5.11 Å². The second kappa shape index (κ2) is 5.03. The molecule has 1 N–H and O–H groups in total. The predicted octanol–water partition coefficient (Wildman–Crippen LogP) is 3.79. The van der Waals surface area contributed by atoms with Gasteiger partial charge >= 0.3 is 5.97 Å². The molecule has 82 valence electrons. The molecule has 4 heteroatoms. The van der Waals surface area contributed by atoms with Crippen LogP contribution in [-0.2, 0) is 4.79 Å². The van der Waals surface area contributed by atoms with Gasteiger partial charge in [-0.2, -0.15) is 0 Å². The number of halogens is 1. The molecular weight excluding hydrogens is 276 g/mol. The van der Waals surface area contributed by atoms with E-state index in [1.165, 1.54) is 11.8 Å². The normalized spacial score (nSPS) is 14.6. The van der Waals surface area contributed by atoms with Gasteiger partial charge in [-0.3, -0.25) is 4.79 Å². The number of hydrogen-bond donors (Lipinski definition) is 1. The molecule has 1 rings (SSSR count). The average molecular weight is 289 g/mol. The Morgan fingerprint density at radius 1 is 1.47 bits per heavy atom. The lowest BCUT2D eigenvalue weighted by atomic mass is 10.1. The first-order valence-corrected chi connectivity index (χ1v) is 6.27. The van der Waals surface area contributed by atoms with Crippen LogP contribution >= 0.6 is 27.7 Å². The summed E-state index contributed by atoms with van der Waals surface area (Å²) in [4.78, 5) is 12.1. The lowest BCUT2D eigenvalue weighted by molar-refractivity contribution is -0.139. The number of benzene rings is 1. The summed E-state index contributed by atoms with van der Waals surface area (Å²) in [6.45, 7) is 3.64. The third-order valence-corrected chi connectivity index (χ3v) is 4.23. The summed E-state index contributed by atoms with van der Waals surface area (Å²) in [6, 6.07) is 7.68. The van der Waals surface area contributed by atoms with Crippen molar-refractivity contribution in [2.24, 2.45) is 0 Å². The molecule has 0 heterocycles. The molecule has 2 nitrogen and oxygen atoms in total. The third-order valence-electron chi connectivity index (χ3n) is 2.28. The van der Waals surface area contributed by atoms with Crippen LogP contribution in [0.25, 0.3) is 0 Å². The van der Waals surface area contributed by atoms with Gasteiger partial charge in [0.1, 0.15) is 4.75 Å². The summed E-state index contributed by atoms with van der Waals surface area (Å²) < 4.78 is 0.258. The molecule has 0 spiro atoms. The highest BCUT2D eigenvalue weighted by molar-refractivity contribution is 9.10. The topological polar surface area (TPSA) is 37.3 Å². The Balaban J connectivity index is 2.84. The van der Waals surface area contributed by atoms with E-state index in [-0.39, 0.29) is 0 Å². The van der Waals surface area contributed by atoms with E-state index < -0.39 is 10.7 Å². The van der Waals surface area contributed by atoms with Crippen LogP contribution in [0, 0.1) is 0 Å². The molecule has 0 bridgehead atoms. The first-order valence-electron chi connectivity index (χ1n) is 4.66. The Morgan fingerprint density at radius 3 is 2.40 bits per heavy atom. The van der Waals surface area contributed by atoms with E-state index in [0.29, 0.717) is 6.42 Å². The predicted molar refractivity (Wildman–Crippen MR) is 66.3 cm³/mol. The summed E-state index contributed by atoms with van der Waals surface area (Å²) >= 11 is 4.73. The minimum absolute atomic E-state index is 0.600. The van der Waals surface area contributed by atoms with E-state index in [1.54, 1.807) is 6.92 Å². The van der Waals surface area contributed by atoms with Crippen LogP contribution < -0.4 is 0 Å². The molecule has 15 heavy (non-hydrogen) atoms. The van der Waals surface area contributed by atoms with Crippen molar-refractivity contribution in [3.8, 4) is 0 Å². The van der Waals surface area contributed by atoms with Gasteiger partial charge in [-0.1, -0.05) is 22.9 Å². The lowest BCUT2D eigenvalue weighted by Crippen LogP contribution is -2.30. The average Bonchev–Trinajstić information content (AvgIpc) is 2.21. The number of aliphatic carboxylic acids is 1. The summed E-state index contributed by atoms with van der Waals surface area (Å²) in [5.74, 6) is -0.766. The molecule has 0 aliphatic carbocycles. The standard InChI is InChI=1S/C11H13BrO2S/c1-3-11(2,10(13)14)15-9-6-4-8(12)5-7-9/h4-7H,3H2,1-2H3,(H,13,14)/t11-/m0/s1. The molecule has 0 fully saturated rings. The first-order chi connectivity index (χ1) is 6.98. The third kappa shape index (κ3) is 3.24. The number of thioether (sulfide) groups is 1. The van der Waals surface area contributed by atoms with Crippen LogP contribution in [0.2, 0.25) is 0 Å². The first kappa shape index (κ1) is 12.6.